The minimum Gasteiger partial charge on any atom is -0.497 e. The Bertz CT molecular complexity index is 763. The van der Waals surface area contributed by atoms with E-state index in [-0.39, 0.29) is 18.2 Å². The van der Waals surface area contributed by atoms with Gasteiger partial charge in [-0.05, 0) is 61.4 Å². The smallest absolute Gasteiger partial charge is 0.256 e. The van der Waals surface area contributed by atoms with Crippen LogP contribution < -0.4 is 15.0 Å². The molecule has 1 heterocycles. The molecule has 1 N–H and O–H groups in total. The number of methoxy groups -OCH3 is 1. The predicted octanol–water partition coefficient (Wildman–Crippen LogP) is 3.06. The first kappa shape index (κ1) is 16.1. The number of carbonyl (C=O) groups is 2. The average Bonchev–Trinajstić information content (AvgIpc) is 2.80. The Morgan fingerprint density at radius 3 is 2.25 bits per heavy atom. The van der Waals surface area contributed by atoms with Crippen molar-refractivity contribution in [2.24, 2.45) is 0 Å². The fourth-order valence-electron chi connectivity index (χ4n) is 3.01. The molecule has 1 saturated heterocycles. The van der Waals surface area contributed by atoms with E-state index in [0.717, 1.165) is 16.8 Å². The third-order valence-corrected chi connectivity index (χ3v) is 4.04. The number of nitrogens with one attached hydrogen (secondary N) is 1. The molecule has 2 aromatic rings. The van der Waals surface area contributed by atoms with E-state index in [1.807, 2.05) is 26.0 Å². The molecule has 5 heteroatoms. The second-order valence-corrected chi connectivity index (χ2v) is 6.04. The number of rotatable bonds is 4. The third-order valence-electron chi connectivity index (χ3n) is 4.04. The normalized spacial score (nSPS) is 17.3. The van der Waals surface area contributed by atoms with Crippen LogP contribution in [0.1, 0.15) is 17.5 Å². The molecule has 0 spiro atoms. The van der Waals surface area contributed by atoms with Crippen LogP contribution in [0.25, 0.3) is 0 Å². The molecule has 1 aliphatic rings. The fourth-order valence-corrected chi connectivity index (χ4v) is 3.01. The number of hydrogen-bond acceptors (Lipinski definition) is 4. The number of hydrogen-bond donors (Lipinski definition) is 1. The number of benzene rings is 2. The molecule has 0 unspecified atom stereocenters. The number of aryl methyl sites for hydroxylation is 2. The molecule has 5 nitrogen and oxygen atoms in total. The Balaban J connectivity index is 1.80. The van der Waals surface area contributed by atoms with E-state index in [4.69, 9.17) is 4.74 Å². The second-order valence-electron chi connectivity index (χ2n) is 6.04. The molecule has 24 heavy (non-hydrogen) atoms. The Morgan fingerprint density at radius 1 is 1.04 bits per heavy atom. The SMILES string of the molecule is COc1ccc(N2C(=O)C[C@H](Nc3cc(C)cc(C)c3)C2=O)cc1. The number of ether oxygens (including phenoxy) is 1. The standard InChI is InChI=1S/C19H20N2O3/c1-12-8-13(2)10-14(9-12)20-17-11-18(22)21(19(17)23)15-4-6-16(24-3)7-5-15/h4-10,17,20H,11H2,1-3H3/t17-/m0/s1. The lowest BCUT2D eigenvalue weighted by Gasteiger charge is -2.17. The van der Waals surface area contributed by atoms with E-state index in [0.29, 0.717) is 11.4 Å². The van der Waals surface area contributed by atoms with Crippen molar-refractivity contribution in [3.8, 4) is 5.75 Å². The molecule has 0 aliphatic carbocycles. The minimum atomic E-state index is -0.541. The van der Waals surface area contributed by atoms with Gasteiger partial charge in [0.05, 0.1) is 19.2 Å². The highest BCUT2D eigenvalue weighted by molar-refractivity contribution is 6.23. The Hall–Kier alpha value is -2.82. The van der Waals surface area contributed by atoms with Crippen LogP contribution in [0.5, 0.6) is 5.75 Å². The van der Waals surface area contributed by atoms with Gasteiger partial charge in [0.25, 0.3) is 5.91 Å². The highest BCUT2D eigenvalue weighted by atomic mass is 16.5. The van der Waals surface area contributed by atoms with Crippen molar-refractivity contribution in [2.45, 2.75) is 26.3 Å². The first-order valence-electron chi connectivity index (χ1n) is 7.83. The summed E-state index contributed by atoms with van der Waals surface area (Å²) in [6.45, 7) is 4.01. The molecule has 1 atom stereocenters. The van der Waals surface area contributed by atoms with E-state index in [1.54, 1.807) is 31.4 Å². The van der Waals surface area contributed by atoms with Crippen molar-refractivity contribution in [3.63, 3.8) is 0 Å². The van der Waals surface area contributed by atoms with Gasteiger partial charge in [-0.2, -0.15) is 0 Å². The molecule has 2 amide bonds. The van der Waals surface area contributed by atoms with Crippen molar-refractivity contribution in [1.29, 1.82) is 0 Å². The van der Waals surface area contributed by atoms with Crippen molar-refractivity contribution in [2.75, 3.05) is 17.3 Å². The highest BCUT2D eigenvalue weighted by Gasteiger charge is 2.39. The van der Waals surface area contributed by atoms with Gasteiger partial charge in [0.15, 0.2) is 0 Å². The van der Waals surface area contributed by atoms with E-state index in [1.165, 1.54) is 4.90 Å². The summed E-state index contributed by atoms with van der Waals surface area (Å²) in [5.74, 6) is 0.249. The first-order valence-corrected chi connectivity index (χ1v) is 7.83. The van der Waals surface area contributed by atoms with Crippen molar-refractivity contribution in [3.05, 3.63) is 53.6 Å². The number of imide groups is 1. The van der Waals surface area contributed by atoms with Crippen LogP contribution in [-0.4, -0.2) is 25.0 Å². The second kappa shape index (κ2) is 6.35. The Kier molecular flexibility index (Phi) is 4.25. The van der Waals surface area contributed by atoms with Crippen LogP contribution in [-0.2, 0) is 9.59 Å². The molecule has 2 aromatic carbocycles. The van der Waals surface area contributed by atoms with Crippen LogP contribution in [0, 0.1) is 13.8 Å². The maximum atomic E-state index is 12.7. The van der Waals surface area contributed by atoms with E-state index < -0.39 is 6.04 Å². The number of amides is 2. The molecular formula is C19H20N2O3. The van der Waals surface area contributed by atoms with Gasteiger partial charge in [-0.25, -0.2) is 4.90 Å². The lowest BCUT2D eigenvalue weighted by atomic mass is 10.1. The topological polar surface area (TPSA) is 58.6 Å². The van der Waals surface area contributed by atoms with Gasteiger partial charge >= 0.3 is 0 Å². The largest absolute Gasteiger partial charge is 0.497 e. The summed E-state index contributed by atoms with van der Waals surface area (Å²) < 4.78 is 5.11. The zero-order valence-corrected chi connectivity index (χ0v) is 14.0. The van der Waals surface area contributed by atoms with Crippen LogP contribution in [0.2, 0.25) is 0 Å². The summed E-state index contributed by atoms with van der Waals surface area (Å²) in [5, 5.41) is 3.19. The zero-order valence-electron chi connectivity index (χ0n) is 14.0. The molecule has 124 valence electrons. The molecule has 1 fully saturated rings. The average molecular weight is 324 g/mol. The van der Waals surface area contributed by atoms with Crippen LogP contribution in [0.4, 0.5) is 11.4 Å². The Morgan fingerprint density at radius 2 is 1.67 bits per heavy atom. The maximum absolute atomic E-state index is 12.7. The molecular weight excluding hydrogens is 304 g/mol. The first-order chi connectivity index (χ1) is 11.5. The summed E-state index contributed by atoms with van der Waals surface area (Å²) in [5.41, 5.74) is 3.65. The Labute approximate surface area is 141 Å². The number of nitrogens with zero attached hydrogens (tertiary/aromatic N) is 1. The van der Waals surface area contributed by atoms with E-state index in [9.17, 15) is 9.59 Å². The van der Waals surface area contributed by atoms with E-state index in [2.05, 4.69) is 11.4 Å². The minimum absolute atomic E-state index is 0.151. The molecule has 3 rings (SSSR count). The van der Waals surface area contributed by atoms with Crippen LogP contribution in [0.15, 0.2) is 42.5 Å². The third kappa shape index (κ3) is 3.11. The van der Waals surface area contributed by atoms with Gasteiger partial charge in [0.1, 0.15) is 11.8 Å². The summed E-state index contributed by atoms with van der Waals surface area (Å²) in [6, 6.07) is 12.4. The molecule has 1 aliphatic heterocycles. The number of anilines is 2. The molecule has 0 bridgehead atoms. The molecule has 0 radical (unpaired) electrons. The van der Waals surface area contributed by atoms with Gasteiger partial charge in [0.2, 0.25) is 5.91 Å². The van der Waals surface area contributed by atoms with Crippen LogP contribution >= 0.6 is 0 Å². The van der Waals surface area contributed by atoms with Gasteiger partial charge in [-0.3, -0.25) is 9.59 Å². The number of carbonyl (C=O) groups excluding carboxylic acids is 2. The summed E-state index contributed by atoms with van der Waals surface area (Å²) in [6.07, 6.45) is 0.151. The van der Waals surface area contributed by atoms with Gasteiger partial charge in [0, 0.05) is 5.69 Å². The predicted molar refractivity (Wildman–Crippen MR) is 93.4 cm³/mol. The van der Waals surface area contributed by atoms with Gasteiger partial charge < -0.3 is 10.1 Å². The van der Waals surface area contributed by atoms with Gasteiger partial charge in [-0.15, -0.1) is 0 Å². The summed E-state index contributed by atoms with van der Waals surface area (Å²) >= 11 is 0. The quantitative estimate of drug-likeness (QED) is 0.878. The van der Waals surface area contributed by atoms with Crippen LogP contribution in [0.3, 0.4) is 0 Å². The monoisotopic (exact) mass is 324 g/mol. The highest BCUT2D eigenvalue weighted by Crippen LogP contribution is 2.27. The van der Waals surface area contributed by atoms with Crippen molar-refractivity contribution >= 4 is 23.2 Å². The van der Waals surface area contributed by atoms with E-state index >= 15 is 0 Å². The maximum Gasteiger partial charge on any atom is 0.256 e. The summed E-state index contributed by atoms with van der Waals surface area (Å²) in [7, 11) is 1.57. The molecule has 0 saturated carbocycles. The fraction of sp³-hybridized carbons (Fsp3) is 0.263. The van der Waals surface area contributed by atoms with Crippen molar-refractivity contribution < 1.29 is 14.3 Å². The van der Waals surface area contributed by atoms with Gasteiger partial charge in [-0.1, -0.05) is 6.07 Å². The lowest BCUT2D eigenvalue weighted by molar-refractivity contribution is -0.121. The molecule has 0 aromatic heterocycles. The summed E-state index contributed by atoms with van der Waals surface area (Å²) in [4.78, 5) is 26.2. The van der Waals surface area contributed by atoms with Crippen molar-refractivity contribution in [1.82, 2.24) is 0 Å². The lowest BCUT2D eigenvalue weighted by Crippen LogP contribution is -2.34. The zero-order chi connectivity index (χ0) is 17.3.